The van der Waals surface area contributed by atoms with Crippen LogP contribution in [0, 0.1) is 23.3 Å². The van der Waals surface area contributed by atoms with Gasteiger partial charge in [0.25, 0.3) is 0 Å². The highest BCUT2D eigenvalue weighted by Crippen LogP contribution is 2.54. The molecule has 0 amide bonds. The summed E-state index contributed by atoms with van der Waals surface area (Å²) in [5, 5.41) is 2.17. The number of pyridine rings is 1. The number of anilines is 4. The molecular weight excluding hydrogens is 977 g/mol. The SMILES string of the molecule is CC(C)(C)c1ccnc(-n2c3ccccc3c3ccc(Oc4cc(C5c6ccccc6-c6ccccc65)cc(N5CN(c6c(-c7cc(F)cc(F)c7)cc(C(C)(C)C)cc6-c6cc(F)cc(F)c6)c6ccccc65)c4)cc32)c1. The molecule has 2 aromatic heterocycles. The highest BCUT2D eigenvalue weighted by atomic mass is 19.1. The smallest absolute Gasteiger partial charge is 0.137 e. The van der Waals surface area contributed by atoms with Crippen LogP contribution in [-0.2, 0) is 10.8 Å². The average molecular weight is 1030 g/mol. The van der Waals surface area contributed by atoms with Crippen molar-refractivity contribution >= 4 is 44.6 Å². The summed E-state index contributed by atoms with van der Waals surface area (Å²) < 4.78 is 71.2. The second-order valence-corrected chi connectivity index (χ2v) is 22.6. The lowest BCUT2D eigenvalue weighted by atomic mass is 9.82. The summed E-state index contributed by atoms with van der Waals surface area (Å²) in [5.41, 5.74) is 13.7. The Kier molecular flexibility index (Phi) is 11.5. The Hall–Kier alpha value is -8.95. The number of ether oxygens (including phenoxy) is 1. The summed E-state index contributed by atoms with van der Waals surface area (Å²) in [6.07, 6.45) is 1.88. The number of halogens is 4. The third-order valence-electron chi connectivity index (χ3n) is 15.5. The van der Waals surface area contributed by atoms with E-state index in [1.165, 1.54) is 52.1 Å². The first-order valence-electron chi connectivity index (χ1n) is 26.3. The van der Waals surface area contributed by atoms with Gasteiger partial charge in [-0.2, -0.15) is 0 Å². The van der Waals surface area contributed by atoms with E-state index in [9.17, 15) is 0 Å². The minimum absolute atomic E-state index is 0.0937. The van der Waals surface area contributed by atoms with Gasteiger partial charge in [0.2, 0.25) is 0 Å². The normalized spacial score (nSPS) is 13.4. The minimum atomic E-state index is -0.745. The third-order valence-corrected chi connectivity index (χ3v) is 15.5. The van der Waals surface area contributed by atoms with Crippen LogP contribution in [-0.4, -0.2) is 16.2 Å². The average Bonchev–Trinajstić information content (AvgIpc) is 4.29. The van der Waals surface area contributed by atoms with Crippen LogP contribution in [0.15, 0.2) is 200 Å². The molecule has 1 aliphatic carbocycles. The topological polar surface area (TPSA) is 33.5 Å². The molecule has 2 aliphatic rings. The van der Waals surface area contributed by atoms with Gasteiger partial charge in [-0.3, -0.25) is 4.57 Å². The van der Waals surface area contributed by atoms with Crippen LogP contribution in [0.1, 0.15) is 75.3 Å². The molecule has 384 valence electrons. The summed E-state index contributed by atoms with van der Waals surface area (Å²) >= 11 is 0. The van der Waals surface area contributed by atoms with Crippen molar-refractivity contribution in [2.24, 2.45) is 0 Å². The molecule has 1 aliphatic heterocycles. The summed E-state index contributed by atoms with van der Waals surface area (Å²) in [6.45, 7) is 12.9. The van der Waals surface area contributed by atoms with E-state index >= 15 is 17.6 Å². The molecule has 0 unspecified atom stereocenters. The lowest BCUT2D eigenvalue weighted by Crippen LogP contribution is -2.25. The van der Waals surface area contributed by atoms with E-state index in [0.717, 1.165) is 67.9 Å². The van der Waals surface area contributed by atoms with Gasteiger partial charge in [-0.05, 0) is 152 Å². The highest BCUT2D eigenvalue weighted by molar-refractivity contribution is 6.09. The molecule has 0 fully saturated rings. The number of aromatic nitrogens is 2. The molecule has 11 aromatic rings. The Morgan fingerprint density at radius 3 is 1.63 bits per heavy atom. The van der Waals surface area contributed by atoms with Gasteiger partial charge in [0.05, 0.1) is 28.1 Å². The van der Waals surface area contributed by atoms with Crippen molar-refractivity contribution in [3.8, 4) is 50.7 Å². The summed E-state index contributed by atoms with van der Waals surface area (Å²) in [7, 11) is 0. The molecule has 0 N–H and O–H groups in total. The number of para-hydroxylation sites is 3. The van der Waals surface area contributed by atoms with Crippen molar-refractivity contribution in [3.63, 3.8) is 0 Å². The second-order valence-electron chi connectivity index (χ2n) is 22.6. The Bertz CT molecular complexity index is 4060. The van der Waals surface area contributed by atoms with Crippen LogP contribution in [0.2, 0.25) is 0 Å². The van der Waals surface area contributed by atoms with Crippen molar-refractivity contribution in [2.45, 2.75) is 58.3 Å². The van der Waals surface area contributed by atoms with Crippen LogP contribution in [0.5, 0.6) is 11.5 Å². The van der Waals surface area contributed by atoms with Crippen LogP contribution in [0.3, 0.4) is 0 Å². The van der Waals surface area contributed by atoms with Crippen molar-refractivity contribution in [3.05, 3.63) is 251 Å². The monoisotopic (exact) mass is 1030 g/mol. The highest BCUT2D eigenvalue weighted by Gasteiger charge is 2.35. The van der Waals surface area contributed by atoms with Crippen LogP contribution >= 0.6 is 0 Å². The maximum absolute atomic E-state index is 15.5. The van der Waals surface area contributed by atoms with Crippen molar-refractivity contribution in [1.82, 2.24) is 9.55 Å². The predicted octanol–water partition coefficient (Wildman–Crippen LogP) is 18.9. The van der Waals surface area contributed by atoms with Gasteiger partial charge < -0.3 is 14.5 Å². The Morgan fingerprint density at radius 2 is 1.01 bits per heavy atom. The molecule has 0 atom stereocenters. The lowest BCUT2D eigenvalue weighted by molar-refractivity contribution is 0.482. The van der Waals surface area contributed by atoms with Crippen molar-refractivity contribution in [2.75, 3.05) is 16.5 Å². The fourth-order valence-electron chi connectivity index (χ4n) is 11.7. The molecule has 0 saturated carbocycles. The largest absolute Gasteiger partial charge is 0.457 e. The summed E-state index contributed by atoms with van der Waals surface area (Å²) in [6, 6.07) is 61.2. The Labute approximate surface area is 451 Å². The van der Waals surface area contributed by atoms with E-state index in [1.807, 2.05) is 69.4 Å². The standard InChI is InChI=1S/C69H54F4N4O/c1-68(2,3)44-25-26-74-65(35-44)77-61-20-12-11-17-55(61)56-24-23-51(39-64(56)77)78-52-32-43(66-57-18-9-7-15-53(57)54-16-8-10-19-58(54)66)31-50(38-52)75-40-76(63-22-14-13-21-62(63)75)67-59(41-27-46(70)36-47(71)28-41)33-45(69(4,5)6)34-60(67)42-29-48(72)37-49(73)30-42/h7-39,66H,40H2,1-6H3. The first-order valence-corrected chi connectivity index (χ1v) is 26.3. The van der Waals surface area contributed by atoms with E-state index in [1.54, 1.807) is 0 Å². The lowest BCUT2D eigenvalue weighted by Gasteiger charge is -2.30. The fraction of sp³-hybridized carbons (Fsp3) is 0.145. The number of nitrogens with zero attached hydrogens (tertiary/aromatic N) is 4. The van der Waals surface area contributed by atoms with E-state index in [0.29, 0.717) is 28.3 Å². The van der Waals surface area contributed by atoms with Crippen LogP contribution < -0.4 is 14.5 Å². The Morgan fingerprint density at radius 1 is 0.462 bits per heavy atom. The molecule has 13 rings (SSSR count). The summed E-state index contributed by atoms with van der Waals surface area (Å²) in [5.74, 6) is -1.07. The molecule has 78 heavy (non-hydrogen) atoms. The van der Waals surface area contributed by atoms with Crippen molar-refractivity contribution in [1.29, 1.82) is 0 Å². The maximum atomic E-state index is 15.5. The number of fused-ring (bicyclic) bond motifs is 7. The number of hydrogen-bond donors (Lipinski definition) is 0. The fourth-order valence-corrected chi connectivity index (χ4v) is 11.7. The molecule has 3 heterocycles. The first-order chi connectivity index (χ1) is 37.5. The number of benzene rings is 9. The molecule has 0 saturated heterocycles. The van der Waals surface area contributed by atoms with Crippen LogP contribution in [0.4, 0.5) is 40.3 Å². The van der Waals surface area contributed by atoms with E-state index in [4.69, 9.17) is 9.72 Å². The quantitative estimate of drug-likeness (QED) is 0.142. The number of hydrogen-bond acceptors (Lipinski definition) is 4. The van der Waals surface area contributed by atoms with Gasteiger partial charge in [0.15, 0.2) is 0 Å². The summed E-state index contributed by atoms with van der Waals surface area (Å²) in [4.78, 5) is 9.21. The number of rotatable bonds is 8. The minimum Gasteiger partial charge on any atom is -0.457 e. The molecular formula is C69H54F4N4O. The molecule has 9 aromatic carbocycles. The van der Waals surface area contributed by atoms with E-state index in [-0.39, 0.29) is 29.1 Å². The van der Waals surface area contributed by atoms with Gasteiger partial charge in [-0.15, -0.1) is 0 Å². The zero-order chi connectivity index (χ0) is 53.8. The second kappa shape index (κ2) is 18.4. The van der Waals surface area contributed by atoms with Crippen LogP contribution in [0.25, 0.3) is 61.0 Å². The van der Waals surface area contributed by atoms with E-state index in [2.05, 4.69) is 150 Å². The molecule has 0 radical (unpaired) electrons. The molecule has 0 spiro atoms. The van der Waals surface area contributed by atoms with Gasteiger partial charge in [0, 0.05) is 64.0 Å². The van der Waals surface area contributed by atoms with Gasteiger partial charge in [-0.1, -0.05) is 120 Å². The maximum Gasteiger partial charge on any atom is 0.137 e. The molecule has 9 heteroatoms. The third kappa shape index (κ3) is 8.45. The van der Waals surface area contributed by atoms with Gasteiger partial charge in [0.1, 0.15) is 47.3 Å². The zero-order valence-corrected chi connectivity index (χ0v) is 44.0. The first kappa shape index (κ1) is 48.7. The molecule has 0 bridgehead atoms. The predicted molar refractivity (Wildman–Crippen MR) is 308 cm³/mol. The van der Waals surface area contributed by atoms with Gasteiger partial charge in [-0.25, -0.2) is 22.5 Å². The zero-order valence-electron chi connectivity index (χ0n) is 44.0. The molecule has 5 nitrogen and oxygen atoms in total. The van der Waals surface area contributed by atoms with Crippen molar-refractivity contribution < 1.29 is 22.3 Å². The van der Waals surface area contributed by atoms with Gasteiger partial charge >= 0.3 is 0 Å². The van der Waals surface area contributed by atoms with E-state index < -0.39 is 28.7 Å². The Balaban J connectivity index is 1.01.